The fraction of sp³-hybridized carbons (Fsp3) is 0.562. The van der Waals surface area contributed by atoms with Crippen molar-refractivity contribution in [3.05, 3.63) is 29.8 Å². The molecule has 0 aromatic heterocycles. The van der Waals surface area contributed by atoms with Crippen molar-refractivity contribution in [2.24, 2.45) is 5.92 Å². The lowest BCUT2D eigenvalue weighted by Crippen LogP contribution is -2.38. The summed E-state index contributed by atoms with van der Waals surface area (Å²) in [4.78, 5) is 13.6. The van der Waals surface area contributed by atoms with Gasteiger partial charge in [0.2, 0.25) is 10.0 Å². The Hall–Kier alpha value is -1.60. The standard InChI is InChI=1S/C16H22N2O4S/c1-23(21,22)18-9-6-12(11-18)10-17-8-7-14(16(19)20)13-4-2-3-5-15(13)17/h2-5,12,14H,6-11H2,1H3,(H,19,20). The summed E-state index contributed by atoms with van der Waals surface area (Å²) in [6, 6.07) is 7.65. The summed E-state index contributed by atoms with van der Waals surface area (Å²) in [5, 5.41) is 9.39. The minimum atomic E-state index is -3.12. The van der Waals surface area contributed by atoms with Gasteiger partial charge in [-0.3, -0.25) is 4.79 Å². The van der Waals surface area contributed by atoms with E-state index in [9.17, 15) is 18.3 Å². The number of carbonyl (C=O) groups is 1. The number of fused-ring (bicyclic) bond motifs is 1. The van der Waals surface area contributed by atoms with E-state index in [2.05, 4.69) is 4.90 Å². The van der Waals surface area contributed by atoms with Gasteiger partial charge in [0, 0.05) is 31.9 Å². The van der Waals surface area contributed by atoms with Crippen LogP contribution in [-0.4, -0.2) is 56.2 Å². The maximum absolute atomic E-state index is 11.6. The van der Waals surface area contributed by atoms with Crippen molar-refractivity contribution < 1.29 is 18.3 Å². The van der Waals surface area contributed by atoms with Crippen molar-refractivity contribution >= 4 is 21.7 Å². The molecule has 126 valence electrons. The van der Waals surface area contributed by atoms with Gasteiger partial charge in [0.15, 0.2) is 0 Å². The lowest BCUT2D eigenvalue weighted by Gasteiger charge is -2.35. The predicted molar refractivity (Wildman–Crippen MR) is 88.2 cm³/mol. The monoisotopic (exact) mass is 338 g/mol. The molecule has 2 unspecified atom stereocenters. The molecule has 2 atom stereocenters. The highest BCUT2D eigenvalue weighted by atomic mass is 32.2. The lowest BCUT2D eigenvalue weighted by molar-refractivity contribution is -0.139. The second-order valence-corrected chi connectivity index (χ2v) is 8.44. The van der Waals surface area contributed by atoms with Crippen molar-refractivity contribution in [3.63, 3.8) is 0 Å². The molecule has 0 bridgehead atoms. The van der Waals surface area contributed by atoms with E-state index < -0.39 is 21.9 Å². The highest BCUT2D eigenvalue weighted by Crippen LogP contribution is 2.36. The largest absolute Gasteiger partial charge is 0.481 e. The molecule has 23 heavy (non-hydrogen) atoms. The number of carboxylic acids is 1. The number of rotatable bonds is 4. The predicted octanol–water partition coefficient (Wildman–Crippen LogP) is 1.35. The highest BCUT2D eigenvalue weighted by Gasteiger charge is 2.33. The molecule has 6 nitrogen and oxygen atoms in total. The zero-order chi connectivity index (χ0) is 16.6. The lowest BCUT2D eigenvalue weighted by atomic mass is 9.89. The van der Waals surface area contributed by atoms with Gasteiger partial charge >= 0.3 is 5.97 Å². The van der Waals surface area contributed by atoms with Gasteiger partial charge in [-0.1, -0.05) is 18.2 Å². The maximum Gasteiger partial charge on any atom is 0.311 e. The van der Waals surface area contributed by atoms with Crippen LogP contribution in [0.5, 0.6) is 0 Å². The van der Waals surface area contributed by atoms with Crippen LogP contribution in [-0.2, 0) is 14.8 Å². The summed E-state index contributed by atoms with van der Waals surface area (Å²) < 4.78 is 24.8. The molecule has 0 spiro atoms. The Morgan fingerprint density at radius 3 is 2.65 bits per heavy atom. The topological polar surface area (TPSA) is 77.9 Å². The minimum Gasteiger partial charge on any atom is -0.481 e. The number of hydrogen-bond donors (Lipinski definition) is 1. The molecule has 1 aromatic carbocycles. The maximum atomic E-state index is 11.6. The average molecular weight is 338 g/mol. The first kappa shape index (κ1) is 16.3. The number of benzene rings is 1. The molecule has 0 amide bonds. The van der Waals surface area contributed by atoms with E-state index in [4.69, 9.17) is 0 Å². The molecular weight excluding hydrogens is 316 g/mol. The Bertz CT molecular complexity index is 704. The molecular formula is C16H22N2O4S. The number of aliphatic carboxylic acids is 1. The van der Waals surface area contributed by atoms with Crippen molar-refractivity contribution in [1.29, 1.82) is 0 Å². The summed E-state index contributed by atoms with van der Waals surface area (Å²) in [6.45, 7) is 2.61. The Morgan fingerprint density at radius 1 is 1.26 bits per heavy atom. The number of sulfonamides is 1. The summed E-state index contributed by atoms with van der Waals surface area (Å²) in [5.74, 6) is -0.932. The van der Waals surface area contributed by atoms with Gasteiger partial charge in [-0.2, -0.15) is 0 Å². The van der Waals surface area contributed by atoms with Crippen molar-refractivity contribution in [3.8, 4) is 0 Å². The van der Waals surface area contributed by atoms with E-state index in [-0.39, 0.29) is 0 Å². The SMILES string of the molecule is CS(=O)(=O)N1CCC(CN2CCC(C(=O)O)c3ccccc32)C1. The van der Waals surface area contributed by atoms with Crippen molar-refractivity contribution in [2.45, 2.75) is 18.8 Å². The second-order valence-electron chi connectivity index (χ2n) is 6.46. The summed E-state index contributed by atoms with van der Waals surface area (Å²) in [7, 11) is -3.12. The van der Waals surface area contributed by atoms with Gasteiger partial charge in [-0.15, -0.1) is 0 Å². The Morgan fingerprint density at radius 2 is 2.00 bits per heavy atom. The molecule has 0 aliphatic carbocycles. The van der Waals surface area contributed by atoms with Crippen molar-refractivity contribution in [2.75, 3.05) is 37.3 Å². The third-order valence-electron chi connectivity index (χ3n) is 4.83. The van der Waals surface area contributed by atoms with Crippen LogP contribution >= 0.6 is 0 Å². The van der Waals surface area contributed by atoms with Crippen molar-refractivity contribution in [1.82, 2.24) is 4.31 Å². The van der Waals surface area contributed by atoms with Gasteiger partial charge in [-0.25, -0.2) is 12.7 Å². The van der Waals surface area contributed by atoms with Gasteiger partial charge in [-0.05, 0) is 30.4 Å². The zero-order valence-electron chi connectivity index (χ0n) is 13.2. The fourth-order valence-electron chi connectivity index (χ4n) is 3.64. The fourth-order valence-corrected chi connectivity index (χ4v) is 4.55. The number of para-hydroxylation sites is 1. The van der Waals surface area contributed by atoms with Crippen LogP contribution < -0.4 is 4.90 Å². The molecule has 1 saturated heterocycles. The summed E-state index contributed by atoms with van der Waals surface area (Å²) in [5.41, 5.74) is 1.84. The van der Waals surface area contributed by atoms with Crippen LogP contribution in [0.25, 0.3) is 0 Å². The van der Waals surface area contributed by atoms with Crippen LogP contribution in [0.15, 0.2) is 24.3 Å². The van der Waals surface area contributed by atoms with E-state index in [0.29, 0.717) is 32.0 Å². The Balaban J connectivity index is 1.75. The van der Waals surface area contributed by atoms with E-state index in [1.165, 1.54) is 10.6 Å². The molecule has 7 heteroatoms. The normalized spacial score (nSPS) is 25.3. The zero-order valence-corrected chi connectivity index (χ0v) is 14.0. The van der Waals surface area contributed by atoms with Crippen LogP contribution in [0.2, 0.25) is 0 Å². The van der Waals surface area contributed by atoms with Gasteiger partial charge < -0.3 is 10.0 Å². The number of carboxylic acid groups (broad SMARTS) is 1. The molecule has 1 fully saturated rings. The molecule has 0 radical (unpaired) electrons. The molecule has 0 saturated carbocycles. The Labute approximate surface area is 136 Å². The molecule has 1 aromatic rings. The van der Waals surface area contributed by atoms with Crippen LogP contribution in [0.3, 0.4) is 0 Å². The highest BCUT2D eigenvalue weighted by molar-refractivity contribution is 7.88. The number of nitrogens with zero attached hydrogens (tertiary/aromatic N) is 2. The first-order valence-electron chi connectivity index (χ1n) is 7.88. The van der Waals surface area contributed by atoms with E-state index in [0.717, 1.165) is 24.2 Å². The molecule has 1 N–H and O–H groups in total. The Kier molecular flexibility index (Phi) is 4.33. The average Bonchev–Trinajstić information content (AvgIpc) is 2.96. The van der Waals surface area contributed by atoms with Gasteiger partial charge in [0.1, 0.15) is 0 Å². The van der Waals surface area contributed by atoms with E-state index in [1.54, 1.807) is 0 Å². The number of anilines is 1. The van der Waals surface area contributed by atoms with Crippen LogP contribution in [0.1, 0.15) is 24.3 Å². The third kappa shape index (κ3) is 3.35. The molecule has 2 aliphatic rings. The molecule has 2 aliphatic heterocycles. The quantitative estimate of drug-likeness (QED) is 0.896. The van der Waals surface area contributed by atoms with Crippen LogP contribution in [0, 0.1) is 5.92 Å². The third-order valence-corrected chi connectivity index (χ3v) is 6.10. The van der Waals surface area contributed by atoms with E-state index in [1.807, 2.05) is 24.3 Å². The second kappa shape index (κ2) is 6.13. The molecule has 2 heterocycles. The van der Waals surface area contributed by atoms with Crippen LogP contribution in [0.4, 0.5) is 5.69 Å². The van der Waals surface area contributed by atoms with E-state index >= 15 is 0 Å². The summed E-state index contributed by atoms with van der Waals surface area (Å²) >= 11 is 0. The minimum absolute atomic E-state index is 0.291. The molecule has 3 rings (SSSR count). The van der Waals surface area contributed by atoms with Gasteiger partial charge in [0.05, 0.1) is 12.2 Å². The smallest absolute Gasteiger partial charge is 0.311 e. The summed E-state index contributed by atoms with van der Waals surface area (Å²) in [6.07, 6.45) is 2.70. The van der Waals surface area contributed by atoms with Gasteiger partial charge in [0.25, 0.3) is 0 Å². The first-order valence-corrected chi connectivity index (χ1v) is 9.73. The first-order chi connectivity index (χ1) is 10.9. The number of hydrogen-bond acceptors (Lipinski definition) is 4.